The number of aliphatic hydroxyl groups excluding tert-OH is 1. The summed E-state index contributed by atoms with van der Waals surface area (Å²) in [6, 6.07) is 20.5. The van der Waals surface area contributed by atoms with Crippen LogP contribution in [0.3, 0.4) is 0 Å². The second-order valence-electron chi connectivity index (χ2n) is 10.0. The molecule has 0 aromatic heterocycles. The number of ether oxygens (including phenoxy) is 1. The number of amides is 1. The Morgan fingerprint density at radius 3 is 2.05 bits per heavy atom. The molecule has 10 nitrogen and oxygen atoms in total. The lowest BCUT2D eigenvalue weighted by Crippen LogP contribution is -2.42. The number of rotatable bonds is 10. The highest BCUT2D eigenvalue weighted by atomic mass is 19.1. The summed E-state index contributed by atoms with van der Waals surface area (Å²) in [6.45, 7) is 3.14. The molecule has 0 radical (unpaired) electrons. The molecule has 0 unspecified atom stereocenters. The zero-order chi connectivity index (χ0) is 31.4. The van der Waals surface area contributed by atoms with E-state index in [2.05, 4.69) is 4.90 Å². The number of hydrogen-bond acceptors (Lipinski definition) is 7. The molecule has 0 aliphatic carbocycles. The summed E-state index contributed by atoms with van der Waals surface area (Å²) < 4.78 is 18.6. The van der Waals surface area contributed by atoms with E-state index in [9.17, 15) is 19.1 Å². The van der Waals surface area contributed by atoms with Gasteiger partial charge in [0.1, 0.15) is 11.6 Å². The number of aliphatic hydroxyl groups is 1. The molecule has 228 valence electrons. The molecule has 0 spiro atoms. The molecule has 1 aliphatic heterocycles. The monoisotopic (exact) mass is 594 g/mol. The number of carboxylic acid groups (broad SMARTS) is 2. The van der Waals surface area contributed by atoms with E-state index in [-0.39, 0.29) is 30.0 Å². The number of carboxylic acids is 2. The van der Waals surface area contributed by atoms with Gasteiger partial charge in [0.15, 0.2) is 5.78 Å². The van der Waals surface area contributed by atoms with E-state index >= 15 is 0 Å². The van der Waals surface area contributed by atoms with Gasteiger partial charge in [0.25, 0.3) is 5.91 Å². The van der Waals surface area contributed by atoms with Crippen LogP contribution in [0.4, 0.5) is 4.39 Å². The van der Waals surface area contributed by atoms with E-state index in [1.807, 2.05) is 29.2 Å². The van der Waals surface area contributed by atoms with E-state index in [1.165, 1.54) is 12.1 Å². The Balaban J connectivity index is 0.000000765. The molecule has 1 amide bonds. The number of carbonyl (C=O) groups excluding carboxylic acids is 2. The number of methoxy groups -OCH3 is 1. The van der Waals surface area contributed by atoms with Crippen LogP contribution < -0.4 is 4.74 Å². The van der Waals surface area contributed by atoms with Crippen molar-refractivity contribution in [1.29, 1.82) is 0 Å². The number of benzene rings is 3. The minimum absolute atomic E-state index is 0.0678. The molecule has 11 heteroatoms. The van der Waals surface area contributed by atoms with Crippen molar-refractivity contribution in [2.45, 2.75) is 26.0 Å². The maximum absolute atomic E-state index is 13.4. The average Bonchev–Trinajstić information content (AvgIpc) is 3.03. The van der Waals surface area contributed by atoms with Gasteiger partial charge in [-0.05, 0) is 85.6 Å². The summed E-state index contributed by atoms with van der Waals surface area (Å²) in [5.74, 6) is -3.32. The predicted octanol–water partition coefficient (Wildman–Crippen LogP) is 3.72. The zero-order valence-electron chi connectivity index (χ0n) is 23.8. The summed E-state index contributed by atoms with van der Waals surface area (Å²) in [7, 11) is 1.62. The molecule has 3 aromatic rings. The second-order valence-corrected chi connectivity index (χ2v) is 10.0. The Morgan fingerprint density at radius 1 is 0.884 bits per heavy atom. The maximum atomic E-state index is 13.4. The zero-order valence-corrected chi connectivity index (χ0v) is 23.8. The van der Waals surface area contributed by atoms with Crippen molar-refractivity contribution in [1.82, 2.24) is 9.80 Å². The summed E-state index contributed by atoms with van der Waals surface area (Å²) in [4.78, 5) is 48.6. The van der Waals surface area contributed by atoms with Gasteiger partial charge in [0.2, 0.25) is 0 Å². The van der Waals surface area contributed by atoms with Crippen LogP contribution in [0.5, 0.6) is 5.75 Å². The molecule has 4 rings (SSSR count). The van der Waals surface area contributed by atoms with Crippen molar-refractivity contribution in [3.05, 3.63) is 101 Å². The normalized spacial score (nSPS) is 13.4. The summed E-state index contributed by atoms with van der Waals surface area (Å²) in [5, 5.41) is 24.1. The van der Waals surface area contributed by atoms with Crippen LogP contribution in [-0.4, -0.2) is 82.0 Å². The molecular formula is C32H35FN2O8. The van der Waals surface area contributed by atoms with Crippen molar-refractivity contribution >= 4 is 23.6 Å². The van der Waals surface area contributed by atoms with Crippen molar-refractivity contribution < 1.29 is 43.6 Å². The van der Waals surface area contributed by atoms with Crippen LogP contribution in [0, 0.1) is 11.7 Å². The Hall–Kier alpha value is -4.61. The molecule has 0 saturated carbocycles. The Bertz CT molecular complexity index is 1380. The highest BCUT2D eigenvalue weighted by molar-refractivity contribution is 6.27. The SMILES string of the molecule is COc1cccc(CN(CCN2CCC(C(=O)c3ccc(F)cc3)CC2)C(=O)c2ccc(CO)cc2)c1.O=C(O)C(=O)O. The Kier molecular flexibility index (Phi) is 12.3. The van der Waals surface area contributed by atoms with Gasteiger partial charge in [0.05, 0.1) is 13.7 Å². The lowest BCUT2D eigenvalue weighted by molar-refractivity contribution is -0.159. The van der Waals surface area contributed by atoms with Crippen LogP contribution >= 0.6 is 0 Å². The number of carbonyl (C=O) groups is 4. The number of nitrogens with zero attached hydrogens (tertiary/aromatic N) is 2. The summed E-state index contributed by atoms with van der Waals surface area (Å²) >= 11 is 0. The summed E-state index contributed by atoms with van der Waals surface area (Å²) in [5.41, 5.74) is 2.86. The van der Waals surface area contributed by atoms with Crippen molar-refractivity contribution in [3.63, 3.8) is 0 Å². The number of likely N-dealkylation sites (tertiary alicyclic amines) is 1. The van der Waals surface area contributed by atoms with Gasteiger partial charge < -0.3 is 29.9 Å². The van der Waals surface area contributed by atoms with Crippen molar-refractivity contribution in [3.8, 4) is 5.75 Å². The molecule has 1 saturated heterocycles. The number of ketones is 1. The standard InChI is InChI=1S/C30H33FN2O4.C2H2O4/c1-37-28-4-2-3-23(19-28)20-33(30(36)26-7-5-22(21-34)6-8-26)18-17-32-15-13-25(14-16-32)29(35)24-9-11-27(31)12-10-24;3-1(4)2(5)6/h2-12,19,25,34H,13-18,20-21H2,1H3;(H,3,4)(H,5,6). The maximum Gasteiger partial charge on any atom is 0.414 e. The van der Waals surface area contributed by atoms with Gasteiger partial charge >= 0.3 is 11.9 Å². The first-order chi connectivity index (χ1) is 20.6. The van der Waals surface area contributed by atoms with Gasteiger partial charge in [-0.1, -0.05) is 24.3 Å². The molecule has 1 fully saturated rings. The predicted molar refractivity (Wildman–Crippen MR) is 155 cm³/mol. The first kappa shape index (κ1) is 32.9. The fraction of sp³-hybridized carbons (Fsp3) is 0.312. The van der Waals surface area contributed by atoms with Gasteiger partial charge in [-0.2, -0.15) is 0 Å². The van der Waals surface area contributed by atoms with Crippen LogP contribution in [-0.2, 0) is 22.7 Å². The van der Waals surface area contributed by atoms with Gasteiger partial charge in [0, 0.05) is 36.7 Å². The van der Waals surface area contributed by atoms with Crippen LogP contribution in [0.2, 0.25) is 0 Å². The highest BCUT2D eigenvalue weighted by Crippen LogP contribution is 2.23. The van der Waals surface area contributed by atoms with E-state index in [0.29, 0.717) is 30.8 Å². The molecule has 3 N–H and O–H groups in total. The highest BCUT2D eigenvalue weighted by Gasteiger charge is 2.26. The molecule has 43 heavy (non-hydrogen) atoms. The van der Waals surface area contributed by atoms with Gasteiger partial charge in [-0.3, -0.25) is 9.59 Å². The van der Waals surface area contributed by atoms with Crippen LogP contribution in [0.1, 0.15) is 44.7 Å². The number of hydrogen-bond donors (Lipinski definition) is 3. The largest absolute Gasteiger partial charge is 0.497 e. The molecule has 1 heterocycles. The molecule has 3 aromatic carbocycles. The fourth-order valence-electron chi connectivity index (χ4n) is 4.71. The number of aliphatic carboxylic acids is 2. The lowest BCUT2D eigenvalue weighted by atomic mass is 9.89. The first-order valence-corrected chi connectivity index (χ1v) is 13.7. The Labute approximate surface area is 248 Å². The van der Waals surface area contributed by atoms with E-state index in [0.717, 1.165) is 42.8 Å². The molecule has 0 bridgehead atoms. The molecule has 0 atom stereocenters. The minimum Gasteiger partial charge on any atom is -0.497 e. The number of piperidine rings is 1. The second kappa shape index (κ2) is 16.1. The third-order valence-corrected chi connectivity index (χ3v) is 7.13. The smallest absolute Gasteiger partial charge is 0.414 e. The molecular weight excluding hydrogens is 559 g/mol. The van der Waals surface area contributed by atoms with E-state index < -0.39 is 11.9 Å². The third-order valence-electron chi connectivity index (χ3n) is 7.13. The quantitative estimate of drug-likeness (QED) is 0.236. The average molecular weight is 595 g/mol. The number of Topliss-reactive ketones (excluding diaryl/α,β-unsaturated/α-hetero) is 1. The summed E-state index contributed by atoms with van der Waals surface area (Å²) in [6.07, 6.45) is 1.48. The topological polar surface area (TPSA) is 145 Å². The first-order valence-electron chi connectivity index (χ1n) is 13.7. The van der Waals surface area contributed by atoms with Crippen LogP contribution in [0.15, 0.2) is 72.8 Å². The lowest BCUT2D eigenvalue weighted by Gasteiger charge is -2.33. The molecule has 1 aliphatic rings. The van der Waals surface area contributed by atoms with Gasteiger partial charge in [-0.25, -0.2) is 14.0 Å². The van der Waals surface area contributed by atoms with Crippen LogP contribution in [0.25, 0.3) is 0 Å². The van der Waals surface area contributed by atoms with Crippen molar-refractivity contribution in [2.75, 3.05) is 33.3 Å². The minimum atomic E-state index is -1.82. The van der Waals surface area contributed by atoms with Gasteiger partial charge in [-0.15, -0.1) is 0 Å². The van der Waals surface area contributed by atoms with Crippen molar-refractivity contribution in [2.24, 2.45) is 5.92 Å². The third kappa shape index (κ3) is 10.0. The fourth-order valence-corrected chi connectivity index (χ4v) is 4.71. The Morgan fingerprint density at radius 2 is 1.49 bits per heavy atom. The number of halogens is 1. The van der Waals surface area contributed by atoms with E-state index in [1.54, 1.807) is 43.5 Å². The van der Waals surface area contributed by atoms with E-state index in [4.69, 9.17) is 24.5 Å².